The van der Waals surface area contributed by atoms with E-state index in [1.165, 1.54) is 60.7 Å². The van der Waals surface area contributed by atoms with Gasteiger partial charge in [-0.2, -0.15) is 28.1 Å². The third kappa shape index (κ3) is 9.19. The van der Waals surface area contributed by atoms with Crippen LogP contribution in [0.25, 0.3) is 12.2 Å². The Bertz CT molecular complexity index is 1100. The predicted octanol–water partition coefficient (Wildman–Crippen LogP) is 3.64. The highest BCUT2D eigenvalue weighted by atomic mass is 19.3. The molecule has 0 aliphatic heterocycles. The fraction of sp³-hybridized carbons (Fsp3) is 0.167. The number of nitrogens with one attached hydrogen (secondary N) is 2. The molecule has 0 radical (unpaired) electrons. The van der Waals surface area contributed by atoms with Gasteiger partial charge in [-0.15, -0.1) is 0 Å². The highest BCUT2D eigenvalue weighted by Gasteiger charge is 2.12. The maximum atomic E-state index is 12.2. The lowest BCUT2D eigenvalue weighted by Crippen LogP contribution is -2.35. The lowest BCUT2D eigenvalue weighted by molar-refractivity contribution is -0.118. The molecule has 2 N–H and O–H groups in total. The molecule has 0 atom stereocenters. The van der Waals surface area contributed by atoms with E-state index < -0.39 is 25.0 Å². The average molecular weight is 502 g/mol. The molecule has 0 saturated heterocycles. The van der Waals surface area contributed by atoms with Crippen LogP contribution in [0.3, 0.4) is 0 Å². The van der Waals surface area contributed by atoms with Gasteiger partial charge in [0.05, 0.1) is 0 Å². The topological polar surface area (TPSA) is 124 Å². The highest BCUT2D eigenvalue weighted by molar-refractivity contribution is 6.02. The molecule has 2 amide bonds. The summed E-state index contributed by atoms with van der Waals surface area (Å²) in [6.07, 6.45) is 2.49. The average Bonchev–Trinajstić information content (AvgIpc) is 2.84. The number of benzene rings is 2. The molecule has 0 unspecified atom stereocenters. The van der Waals surface area contributed by atoms with E-state index >= 15 is 0 Å². The fourth-order valence-corrected chi connectivity index (χ4v) is 2.66. The summed E-state index contributed by atoms with van der Waals surface area (Å²) in [5.74, 6) is -1.63. The van der Waals surface area contributed by atoms with Crippen LogP contribution in [0.2, 0.25) is 0 Å². The Balaban J connectivity index is 1.88. The molecule has 2 aromatic rings. The summed E-state index contributed by atoms with van der Waals surface area (Å²) in [6.45, 7) is -6.09. The van der Waals surface area contributed by atoms with Gasteiger partial charge >= 0.3 is 13.2 Å². The van der Waals surface area contributed by atoms with Crippen molar-refractivity contribution in [3.05, 3.63) is 70.8 Å². The van der Waals surface area contributed by atoms with Gasteiger partial charge in [-0.05, 0) is 47.5 Å². The van der Waals surface area contributed by atoms with Crippen molar-refractivity contribution in [2.24, 2.45) is 0 Å². The number of hydrogen-bond acceptors (Lipinski definition) is 6. The molecule has 186 valence electrons. The SMILES string of the molecule is N#C/C(=C/c1ccc(OC(F)F)cc1)C(=O)NCCNC(=O)/C(C#N)=C/c1ccc(OC(F)F)cc1. The number of ether oxygens (including phenoxy) is 2. The zero-order valence-corrected chi connectivity index (χ0v) is 18.4. The summed E-state index contributed by atoms with van der Waals surface area (Å²) < 4.78 is 57.2. The minimum Gasteiger partial charge on any atom is -0.435 e. The number of amides is 2. The second-order valence-electron chi connectivity index (χ2n) is 6.75. The normalized spacial score (nSPS) is 11.4. The van der Waals surface area contributed by atoms with Crippen molar-refractivity contribution in [3.63, 3.8) is 0 Å². The van der Waals surface area contributed by atoms with Gasteiger partial charge in [0.15, 0.2) is 0 Å². The van der Waals surface area contributed by atoms with E-state index in [9.17, 15) is 37.7 Å². The van der Waals surface area contributed by atoms with Crippen molar-refractivity contribution in [1.29, 1.82) is 10.5 Å². The number of carbonyl (C=O) groups is 2. The van der Waals surface area contributed by atoms with Crippen molar-refractivity contribution in [1.82, 2.24) is 10.6 Å². The molecule has 0 bridgehead atoms. The minimum absolute atomic E-state index is 0.0663. The standard InChI is InChI=1S/C24H18F4N4O4/c25-23(26)35-19-5-1-15(2-6-19)11-17(13-29)21(33)31-9-10-32-22(34)18(14-30)12-16-3-7-20(8-4-16)36-24(27)28/h1-8,11-12,23-24H,9-10H2,(H,31,33)(H,32,34)/b17-11-,18-12+. The quantitative estimate of drug-likeness (QED) is 0.209. The van der Waals surface area contributed by atoms with Crippen LogP contribution in [-0.4, -0.2) is 38.1 Å². The van der Waals surface area contributed by atoms with E-state index in [4.69, 9.17) is 0 Å². The van der Waals surface area contributed by atoms with E-state index in [0.717, 1.165) is 0 Å². The smallest absolute Gasteiger partial charge is 0.387 e. The zero-order valence-electron chi connectivity index (χ0n) is 18.4. The lowest BCUT2D eigenvalue weighted by atomic mass is 10.1. The second kappa shape index (κ2) is 13.8. The largest absolute Gasteiger partial charge is 0.435 e. The summed E-state index contributed by atoms with van der Waals surface area (Å²) in [5.41, 5.74) is 0.268. The van der Waals surface area contributed by atoms with Crippen LogP contribution in [0.15, 0.2) is 59.7 Å². The predicted molar refractivity (Wildman–Crippen MR) is 119 cm³/mol. The third-order valence-electron chi connectivity index (χ3n) is 4.26. The van der Waals surface area contributed by atoms with Crippen molar-refractivity contribution in [2.45, 2.75) is 13.2 Å². The van der Waals surface area contributed by atoms with Gasteiger partial charge < -0.3 is 20.1 Å². The Morgan fingerprint density at radius 3 is 1.33 bits per heavy atom. The van der Waals surface area contributed by atoms with Crippen LogP contribution in [0.1, 0.15) is 11.1 Å². The Morgan fingerprint density at radius 1 is 0.722 bits per heavy atom. The molecule has 36 heavy (non-hydrogen) atoms. The van der Waals surface area contributed by atoms with Crippen LogP contribution < -0.4 is 20.1 Å². The van der Waals surface area contributed by atoms with Crippen molar-refractivity contribution in [3.8, 4) is 23.6 Å². The molecule has 0 saturated carbocycles. The maximum Gasteiger partial charge on any atom is 0.387 e. The van der Waals surface area contributed by atoms with Crippen molar-refractivity contribution in [2.75, 3.05) is 13.1 Å². The molecule has 0 aromatic heterocycles. The summed E-state index contributed by atoms with van der Waals surface area (Å²) in [6, 6.07) is 14.0. The number of hydrogen-bond donors (Lipinski definition) is 2. The number of rotatable bonds is 11. The van der Waals surface area contributed by atoms with Gasteiger partial charge in [-0.25, -0.2) is 0 Å². The number of carbonyl (C=O) groups excluding carboxylic acids is 2. The maximum absolute atomic E-state index is 12.2. The van der Waals surface area contributed by atoms with Gasteiger partial charge in [-0.1, -0.05) is 24.3 Å². The Kier molecular flexibility index (Phi) is 10.5. The van der Waals surface area contributed by atoms with Crippen LogP contribution in [0.4, 0.5) is 17.6 Å². The Hall–Kier alpha value is -4.84. The van der Waals surface area contributed by atoms with Crippen LogP contribution >= 0.6 is 0 Å². The molecular formula is C24H18F4N4O4. The van der Waals surface area contributed by atoms with Crippen LogP contribution in [-0.2, 0) is 9.59 Å². The number of nitrogens with zero attached hydrogens (tertiary/aromatic N) is 2. The van der Waals surface area contributed by atoms with E-state index in [-0.39, 0.29) is 35.7 Å². The number of nitriles is 2. The van der Waals surface area contributed by atoms with Gasteiger partial charge in [0, 0.05) is 13.1 Å². The first-order valence-corrected chi connectivity index (χ1v) is 10.1. The zero-order chi connectivity index (χ0) is 26.5. The van der Waals surface area contributed by atoms with Gasteiger partial charge in [0.25, 0.3) is 11.8 Å². The number of alkyl halides is 4. The molecule has 8 nitrogen and oxygen atoms in total. The minimum atomic E-state index is -2.98. The van der Waals surface area contributed by atoms with Gasteiger partial charge in [0.2, 0.25) is 0 Å². The Morgan fingerprint density at radius 2 is 1.06 bits per heavy atom. The highest BCUT2D eigenvalue weighted by Crippen LogP contribution is 2.18. The lowest BCUT2D eigenvalue weighted by Gasteiger charge is -2.07. The molecule has 0 heterocycles. The monoisotopic (exact) mass is 502 g/mol. The van der Waals surface area contributed by atoms with E-state index in [2.05, 4.69) is 20.1 Å². The molecule has 2 aromatic carbocycles. The van der Waals surface area contributed by atoms with E-state index in [1.54, 1.807) is 12.1 Å². The second-order valence-corrected chi connectivity index (χ2v) is 6.75. The molecule has 0 fully saturated rings. The molecule has 0 spiro atoms. The number of halogens is 4. The van der Waals surface area contributed by atoms with Crippen molar-refractivity contribution < 1.29 is 36.6 Å². The van der Waals surface area contributed by atoms with Crippen molar-refractivity contribution >= 4 is 24.0 Å². The first kappa shape index (κ1) is 27.4. The first-order valence-electron chi connectivity index (χ1n) is 10.1. The summed E-state index contributed by atoms with van der Waals surface area (Å²) in [7, 11) is 0. The third-order valence-corrected chi connectivity index (χ3v) is 4.26. The van der Waals surface area contributed by atoms with Gasteiger partial charge in [-0.3, -0.25) is 9.59 Å². The van der Waals surface area contributed by atoms with Crippen LogP contribution in [0, 0.1) is 22.7 Å². The Labute approximate surface area is 203 Å². The van der Waals surface area contributed by atoms with E-state index in [0.29, 0.717) is 11.1 Å². The molecule has 0 aliphatic carbocycles. The summed E-state index contributed by atoms with van der Waals surface area (Å²) in [5, 5.41) is 23.3. The van der Waals surface area contributed by atoms with Gasteiger partial charge in [0.1, 0.15) is 34.8 Å². The fourth-order valence-electron chi connectivity index (χ4n) is 2.66. The summed E-state index contributed by atoms with van der Waals surface area (Å²) >= 11 is 0. The van der Waals surface area contributed by atoms with E-state index in [1.807, 2.05) is 0 Å². The van der Waals surface area contributed by atoms with Crippen LogP contribution in [0.5, 0.6) is 11.5 Å². The summed E-state index contributed by atoms with van der Waals surface area (Å²) in [4.78, 5) is 24.4. The first-order chi connectivity index (χ1) is 17.2. The molecular weight excluding hydrogens is 484 g/mol. The molecule has 12 heteroatoms. The molecule has 0 aliphatic rings. The molecule has 2 rings (SSSR count).